The van der Waals surface area contributed by atoms with E-state index in [-0.39, 0.29) is 6.03 Å². The molecule has 0 aliphatic rings. The molecule has 0 fully saturated rings. The van der Waals surface area contributed by atoms with Gasteiger partial charge in [-0.3, -0.25) is 0 Å². The molecule has 2 aromatic carbocycles. The van der Waals surface area contributed by atoms with Crippen LogP contribution in [0.1, 0.15) is 22.5 Å². The first-order valence-corrected chi connectivity index (χ1v) is 9.40. The number of hydrogen-bond acceptors (Lipinski definition) is 2. The minimum absolute atomic E-state index is 0.278. The van der Waals surface area contributed by atoms with Crippen molar-refractivity contribution in [2.45, 2.75) is 27.3 Å². The van der Waals surface area contributed by atoms with Crippen LogP contribution in [0.4, 0.5) is 10.5 Å². The minimum Gasteiger partial charge on any atom is -0.495 e. The van der Waals surface area contributed by atoms with E-state index in [1.165, 1.54) is 0 Å². The molecule has 2 N–H and O–H groups in total. The van der Waals surface area contributed by atoms with Crippen molar-refractivity contribution in [2.75, 3.05) is 12.4 Å². The molecule has 0 bridgehead atoms. The molecular weight excluding hydrogens is 374 g/mol. The number of rotatable bonds is 5. The maximum absolute atomic E-state index is 12.4. The molecule has 0 spiro atoms. The van der Waals surface area contributed by atoms with Crippen molar-refractivity contribution in [3.63, 3.8) is 0 Å². The summed E-state index contributed by atoms with van der Waals surface area (Å²) in [5.41, 5.74) is 5.96. The van der Waals surface area contributed by atoms with Gasteiger partial charge >= 0.3 is 6.03 Å². The minimum atomic E-state index is -0.278. The number of carbonyl (C=O) groups excluding carboxylic acids is 1. The molecule has 3 aromatic rings. The van der Waals surface area contributed by atoms with Crippen LogP contribution in [0, 0.1) is 20.8 Å². The fourth-order valence-electron chi connectivity index (χ4n) is 3.26. The molecule has 146 valence electrons. The summed E-state index contributed by atoms with van der Waals surface area (Å²) in [6, 6.07) is 15.2. The number of methoxy groups -OCH3 is 1. The first-order valence-electron chi connectivity index (χ1n) is 9.02. The number of carbonyl (C=O) groups is 1. The molecule has 0 aliphatic heterocycles. The van der Waals surface area contributed by atoms with Crippen LogP contribution in [0.5, 0.6) is 5.75 Å². The SMILES string of the molecule is COc1ccc(C)cc1NC(=O)NCc1cc(C)n(-c2ccc(Cl)cc2)c1C. The Labute approximate surface area is 170 Å². The lowest BCUT2D eigenvalue weighted by Gasteiger charge is -2.12. The topological polar surface area (TPSA) is 55.3 Å². The Morgan fingerprint density at radius 1 is 1.07 bits per heavy atom. The molecule has 0 aliphatic carbocycles. The molecule has 1 aromatic heterocycles. The summed E-state index contributed by atoms with van der Waals surface area (Å²) >= 11 is 5.99. The summed E-state index contributed by atoms with van der Waals surface area (Å²) in [6.45, 7) is 6.48. The molecule has 2 amide bonds. The predicted octanol–water partition coefficient (Wildman–Crippen LogP) is 5.39. The van der Waals surface area contributed by atoms with Crippen LogP contribution in [0.15, 0.2) is 48.5 Å². The van der Waals surface area contributed by atoms with E-state index in [1.807, 2.05) is 63.2 Å². The van der Waals surface area contributed by atoms with Crippen molar-refractivity contribution in [2.24, 2.45) is 0 Å². The molecule has 0 saturated heterocycles. The molecule has 1 heterocycles. The number of hydrogen-bond donors (Lipinski definition) is 2. The average molecular weight is 398 g/mol. The zero-order valence-corrected chi connectivity index (χ0v) is 17.2. The first kappa shape index (κ1) is 19.8. The normalized spacial score (nSPS) is 10.6. The predicted molar refractivity (Wildman–Crippen MR) is 114 cm³/mol. The summed E-state index contributed by atoms with van der Waals surface area (Å²) < 4.78 is 7.45. The highest BCUT2D eigenvalue weighted by molar-refractivity contribution is 6.30. The van der Waals surface area contributed by atoms with E-state index in [9.17, 15) is 4.79 Å². The highest BCUT2D eigenvalue weighted by Gasteiger charge is 2.13. The number of anilines is 1. The van der Waals surface area contributed by atoms with Crippen LogP contribution >= 0.6 is 11.6 Å². The van der Waals surface area contributed by atoms with Gasteiger partial charge in [-0.15, -0.1) is 0 Å². The number of urea groups is 1. The summed E-state index contributed by atoms with van der Waals surface area (Å²) in [5, 5.41) is 6.48. The van der Waals surface area contributed by atoms with E-state index in [2.05, 4.69) is 21.3 Å². The quantitative estimate of drug-likeness (QED) is 0.606. The van der Waals surface area contributed by atoms with Crippen LogP contribution in [0.25, 0.3) is 5.69 Å². The zero-order valence-electron chi connectivity index (χ0n) is 16.5. The fourth-order valence-corrected chi connectivity index (χ4v) is 3.38. The molecular formula is C22H24ClN3O2. The molecule has 0 atom stereocenters. The smallest absolute Gasteiger partial charge is 0.319 e. The second-order valence-corrected chi connectivity index (χ2v) is 7.16. The Morgan fingerprint density at radius 3 is 2.46 bits per heavy atom. The zero-order chi connectivity index (χ0) is 20.3. The standard InChI is InChI=1S/C22H24ClN3O2/c1-14-5-10-21(28-4)20(11-14)25-22(27)24-13-17-12-15(2)26(16(17)3)19-8-6-18(23)7-9-19/h5-12H,13H2,1-4H3,(H2,24,25,27). The summed E-state index contributed by atoms with van der Waals surface area (Å²) in [6.07, 6.45) is 0. The lowest BCUT2D eigenvalue weighted by Crippen LogP contribution is -2.28. The lowest BCUT2D eigenvalue weighted by molar-refractivity contribution is 0.251. The van der Waals surface area contributed by atoms with Crippen molar-refractivity contribution in [1.29, 1.82) is 0 Å². The van der Waals surface area contributed by atoms with Gasteiger partial charge in [0.1, 0.15) is 5.75 Å². The van der Waals surface area contributed by atoms with E-state index in [0.29, 0.717) is 23.0 Å². The number of nitrogens with zero attached hydrogens (tertiary/aromatic N) is 1. The van der Waals surface area contributed by atoms with Gasteiger partial charge in [0.25, 0.3) is 0 Å². The molecule has 0 unspecified atom stereocenters. The Hall–Kier alpha value is -2.92. The lowest BCUT2D eigenvalue weighted by atomic mass is 10.2. The van der Waals surface area contributed by atoms with Gasteiger partial charge in [0.15, 0.2) is 0 Å². The van der Waals surface area contributed by atoms with Crippen LogP contribution < -0.4 is 15.4 Å². The third-order valence-corrected chi connectivity index (χ3v) is 4.92. The van der Waals surface area contributed by atoms with Crippen LogP contribution in [0.2, 0.25) is 5.02 Å². The number of ether oxygens (including phenoxy) is 1. The Morgan fingerprint density at radius 2 is 1.79 bits per heavy atom. The van der Waals surface area contributed by atoms with Gasteiger partial charge in [-0.25, -0.2) is 4.79 Å². The number of aromatic nitrogens is 1. The van der Waals surface area contributed by atoms with Crippen molar-refractivity contribution in [1.82, 2.24) is 9.88 Å². The highest BCUT2D eigenvalue weighted by atomic mass is 35.5. The molecule has 5 nitrogen and oxygen atoms in total. The average Bonchev–Trinajstić information content (AvgIpc) is 2.95. The molecule has 6 heteroatoms. The monoisotopic (exact) mass is 397 g/mol. The maximum Gasteiger partial charge on any atom is 0.319 e. The third-order valence-electron chi connectivity index (χ3n) is 4.66. The van der Waals surface area contributed by atoms with Crippen molar-refractivity contribution in [3.05, 3.63) is 76.1 Å². The van der Waals surface area contributed by atoms with Crippen molar-refractivity contribution < 1.29 is 9.53 Å². The van der Waals surface area contributed by atoms with E-state index in [1.54, 1.807) is 7.11 Å². The summed E-state index contributed by atoms with van der Waals surface area (Å²) in [4.78, 5) is 12.4. The number of halogens is 1. The third kappa shape index (κ3) is 4.31. The van der Waals surface area contributed by atoms with Crippen molar-refractivity contribution >= 4 is 23.3 Å². The molecule has 3 rings (SSSR count). The van der Waals surface area contributed by atoms with E-state index >= 15 is 0 Å². The van der Waals surface area contributed by atoms with Gasteiger partial charge in [0.05, 0.1) is 12.8 Å². The molecule has 0 radical (unpaired) electrons. The number of benzene rings is 2. The summed E-state index contributed by atoms with van der Waals surface area (Å²) in [5.74, 6) is 0.627. The van der Waals surface area contributed by atoms with Crippen LogP contribution in [-0.2, 0) is 6.54 Å². The number of amides is 2. The van der Waals surface area contributed by atoms with Gasteiger partial charge in [0.2, 0.25) is 0 Å². The van der Waals surface area contributed by atoms with Crippen LogP contribution in [-0.4, -0.2) is 17.7 Å². The van der Waals surface area contributed by atoms with Gasteiger partial charge in [-0.05, 0) is 74.4 Å². The number of aryl methyl sites for hydroxylation is 2. The second kappa shape index (κ2) is 8.40. The van der Waals surface area contributed by atoms with Gasteiger partial charge in [-0.2, -0.15) is 0 Å². The first-order chi connectivity index (χ1) is 13.4. The highest BCUT2D eigenvalue weighted by Crippen LogP contribution is 2.25. The van der Waals surface area contributed by atoms with Gasteiger partial charge in [0, 0.05) is 28.6 Å². The summed E-state index contributed by atoms with van der Waals surface area (Å²) in [7, 11) is 1.58. The van der Waals surface area contributed by atoms with E-state index in [4.69, 9.17) is 16.3 Å². The van der Waals surface area contributed by atoms with Crippen LogP contribution in [0.3, 0.4) is 0 Å². The maximum atomic E-state index is 12.4. The van der Waals surface area contributed by atoms with E-state index < -0.39 is 0 Å². The van der Waals surface area contributed by atoms with E-state index in [0.717, 1.165) is 28.2 Å². The molecule has 0 saturated carbocycles. The van der Waals surface area contributed by atoms with Gasteiger partial charge in [-0.1, -0.05) is 17.7 Å². The number of nitrogens with one attached hydrogen (secondary N) is 2. The van der Waals surface area contributed by atoms with Crippen molar-refractivity contribution in [3.8, 4) is 11.4 Å². The second-order valence-electron chi connectivity index (χ2n) is 6.72. The Balaban J connectivity index is 1.71. The molecule has 28 heavy (non-hydrogen) atoms. The largest absolute Gasteiger partial charge is 0.495 e. The fraction of sp³-hybridized carbons (Fsp3) is 0.227. The Bertz CT molecular complexity index is 994. The van der Waals surface area contributed by atoms with Gasteiger partial charge < -0.3 is 19.9 Å². The Kier molecular flexibility index (Phi) is 5.95.